The van der Waals surface area contributed by atoms with E-state index in [1.165, 1.54) is 24.3 Å². The normalized spacial score (nSPS) is 15.2. The smallest absolute Gasteiger partial charge is 0.326 e. The molecule has 26 nitrogen and oxygen atoms in total. The van der Waals surface area contributed by atoms with Gasteiger partial charge in [-0.15, -0.1) is 0 Å². The van der Waals surface area contributed by atoms with E-state index in [0.717, 1.165) is 6.92 Å². The van der Waals surface area contributed by atoms with Crippen molar-refractivity contribution in [2.45, 2.75) is 107 Å². The number of nitrogens with two attached hydrogens (primary N) is 4. The van der Waals surface area contributed by atoms with Gasteiger partial charge in [0.05, 0.1) is 31.8 Å². The van der Waals surface area contributed by atoms with Crippen molar-refractivity contribution in [1.29, 1.82) is 0 Å². The maximum absolute atomic E-state index is 13.8. The average Bonchev–Trinajstić information content (AvgIpc) is 3.23. The third-order valence-corrected chi connectivity index (χ3v) is 9.57. The minimum atomic E-state index is -1.95. The van der Waals surface area contributed by atoms with Crippen molar-refractivity contribution >= 4 is 71.8 Å². The van der Waals surface area contributed by atoms with E-state index in [0.29, 0.717) is 5.56 Å². The summed E-state index contributed by atoms with van der Waals surface area (Å²) in [4.78, 5) is 121. The van der Waals surface area contributed by atoms with E-state index in [-0.39, 0.29) is 55.6 Å². The number of carbonyl (C=O) groups excluding carboxylic acids is 8. The molecule has 0 fully saturated rings. The Bertz CT molecular complexity index is 1830. The fourth-order valence-corrected chi connectivity index (χ4v) is 5.88. The van der Waals surface area contributed by atoms with Crippen LogP contribution in [0.15, 0.2) is 29.3 Å². The first-order chi connectivity index (χ1) is 30.4. The number of phenols is 1. The standard InChI is InChI=1S/C38H62N12O14S/c1-17(2)11-25(37(63)64)47-34(60)26(14-51)48-35(61)27(15-52)49-36(62)29(18(3)53)50-33(59)24(13-28(40)55)46-31(57)22(5-4-10-43-38(41)42)44-32(58)23(45-30(56)21(39)16-65)12-19-6-8-20(54)9-7-19/h6-9,17-18,21-27,29,51-54,65H,4-5,10-16,39H2,1-3H3,(H2,40,55)(H,44,58)(H,45,56)(H,46,57)(H,47,60)(H,48,61)(H,49,62)(H,50,59)(H,63,64)(H4,41,42,43)/t18-,21+,22+,23+,24+,25+,26+,27+,29+/m1/s1. The van der Waals surface area contributed by atoms with Crippen LogP contribution in [0.25, 0.3) is 0 Å². The van der Waals surface area contributed by atoms with E-state index in [1.807, 2.05) is 0 Å². The molecule has 0 aliphatic heterocycles. The summed E-state index contributed by atoms with van der Waals surface area (Å²) in [6.45, 7) is 2.25. The van der Waals surface area contributed by atoms with Gasteiger partial charge in [-0.25, -0.2) is 4.79 Å². The zero-order valence-corrected chi connectivity index (χ0v) is 37.0. The predicted molar refractivity (Wildman–Crippen MR) is 234 cm³/mol. The second-order valence-corrected chi connectivity index (χ2v) is 15.6. The molecule has 0 unspecified atom stereocenters. The van der Waals surface area contributed by atoms with E-state index in [1.54, 1.807) is 13.8 Å². The molecule has 9 atom stereocenters. The largest absolute Gasteiger partial charge is 0.508 e. The molecule has 1 aromatic carbocycles. The number of hydrogen-bond acceptors (Lipinski definition) is 16. The van der Waals surface area contributed by atoms with Crippen LogP contribution in [0, 0.1) is 5.92 Å². The number of nitrogens with one attached hydrogen (secondary N) is 7. The summed E-state index contributed by atoms with van der Waals surface area (Å²) in [6.07, 6.45) is -2.94. The van der Waals surface area contributed by atoms with E-state index >= 15 is 0 Å². The highest BCUT2D eigenvalue weighted by Gasteiger charge is 2.36. The summed E-state index contributed by atoms with van der Waals surface area (Å²) in [5.74, 6) is -10.8. The Morgan fingerprint density at radius 3 is 1.60 bits per heavy atom. The number of rotatable bonds is 29. The van der Waals surface area contributed by atoms with Gasteiger partial charge in [0.25, 0.3) is 0 Å². The first-order valence-corrected chi connectivity index (χ1v) is 20.8. The minimum absolute atomic E-state index is 0.00819. The fourth-order valence-electron chi connectivity index (χ4n) is 5.71. The first kappa shape index (κ1) is 56.7. The highest BCUT2D eigenvalue weighted by Crippen LogP contribution is 2.13. The molecule has 0 spiro atoms. The molecular formula is C38H62N12O14S. The fraction of sp³-hybridized carbons (Fsp3) is 0.579. The summed E-state index contributed by atoms with van der Waals surface area (Å²) < 4.78 is 0. The van der Waals surface area contributed by atoms with Crippen LogP contribution in [0.3, 0.4) is 0 Å². The highest BCUT2D eigenvalue weighted by atomic mass is 32.1. The molecule has 0 bridgehead atoms. The van der Waals surface area contributed by atoms with E-state index < -0.39 is 127 Å². The van der Waals surface area contributed by atoms with Crippen molar-refractivity contribution in [1.82, 2.24) is 37.2 Å². The van der Waals surface area contributed by atoms with Crippen LogP contribution >= 0.6 is 12.6 Å². The second-order valence-electron chi connectivity index (χ2n) is 15.2. The molecule has 1 aromatic rings. The van der Waals surface area contributed by atoms with Gasteiger partial charge in [-0.2, -0.15) is 12.6 Å². The Morgan fingerprint density at radius 2 is 1.12 bits per heavy atom. The molecule has 0 saturated carbocycles. The van der Waals surface area contributed by atoms with Crippen molar-refractivity contribution in [3.05, 3.63) is 29.8 Å². The Kier molecular flexibility index (Phi) is 24.9. The SMILES string of the molecule is CC(C)C[C@H](NC(=O)[C@H](CO)NC(=O)[C@H](CO)NC(=O)[C@@H](NC(=O)[C@H](CC(N)=O)NC(=O)[C@H](CCCN=C(N)N)NC(=O)[C@H](Cc1ccc(O)cc1)NC(=O)[C@@H](N)CS)[C@@H](C)O)C(=O)O. The molecule has 0 radical (unpaired) electrons. The molecule has 1 rings (SSSR count). The number of carboxylic acids is 1. The Morgan fingerprint density at radius 1 is 0.662 bits per heavy atom. The number of carbonyl (C=O) groups is 9. The Labute approximate surface area is 379 Å². The third kappa shape index (κ3) is 20.8. The number of aliphatic hydroxyl groups is 3. The van der Waals surface area contributed by atoms with Gasteiger partial charge in [0.2, 0.25) is 47.3 Å². The zero-order chi connectivity index (χ0) is 49.6. The lowest BCUT2D eigenvalue weighted by Gasteiger charge is -2.28. The van der Waals surface area contributed by atoms with Crippen LogP contribution in [0.4, 0.5) is 0 Å². The lowest BCUT2D eigenvalue weighted by Crippen LogP contribution is -2.62. The van der Waals surface area contributed by atoms with Crippen LogP contribution in [0.1, 0.15) is 52.0 Å². The van der Waals surface area contributed by atoms with Gasteiger partial charge in [0, 0.05) is 18.7 Å². The molecule has 20 N–H and O–H groups in total. The number of amides is 8. The molecule has 0 saturated heterocycles. The lowest BCUT2D eigenvalue weighted by molar-refractivity contribution is -0.143. The van der Waals surface area contributed by atoms with Gasteiger partial charge in [-0.05, 0) is 49.8 Å². The summed E-state index contributed by atoms with van der Waals surface area (Å²) >= 11 is 4.01. The number of nitrogens with zero attached hydrogens (tertiary/aromatic N) is 1. The lowest BCUT2D eigenvalue weighted by atomic mass is 10.0. The number of carboxylic acid groups (broad SMARTS) is 1. The first-order valence-electron chi connectivity index (χ1n) is 20.2. The van der Waals surface area contributed by atoms with Crippen LogP contribution in [-0.4, -0.2) is 165 Å². The number of aromatic hydroxyl groups is 1. The van der Waals surface area contributed by atoms with Gasteiger partial charge in [0.15, 0.2) is 5.96 Å². The van der Waals surface area contributed by atoms with Gasteiger partial charge in [-0.1, -0.05) is 26.0 Å². The molecule has 364 valence electrons. The van der Waals surface area contributed by atoms with Crippen LogP contribution < -0.4 is 60.2 Å². The van der Waals surface area contributed by atoms with Crippen LogP contribution in [0.2, 0.25) is 0 Å². The van der Waals surface area contributed by atoms with Crippen LogP contribution in [-0.2, 0) is 49.6 Å². The Balaban J connectivity index is 3.35. The molecular weight excluding hydrogens is 881 g/mol. The molecule has 0 aromatic heterocycles. The van der Waals surface area contributed by atoms with Crippen molar-refractivity contribution in [3.8, 4) is 5.75 Å². The highest BCUT2D eigenvalue weighted by molar-refractivity contribution is 7.80. The monoisotopic (exact) mass is 942 g/mol. The molecule has 0 aliphatic rings. The number of thiol groups is 1. The van der Waals surface area contributed by atoms with Crippen LogP contribution in [0.5, 0.6) is 5.75 Å². The number of aliphatic imine (C=N–C) groups is 1. The summed E-state index contributed by atoms with van der Waals surface area (Å²) in [6, 6.07) is -7.20. The second kappa shape index (κ2) is 28.5. The number of primary amides is 1. The van der Waals surface area contributed by atoms with Gasteiger partial charge < -0.3 is 85.7 Å². The number of hydrogen-bond donors (Lipinski definition) is 17. The van der Waals surface area contributed by atoms with E-state index in [4.69, 9.17) is 22.9 Å². The number of aliphatic hydroxyl groups excluding tert-OH is 3. The van der Waals surface area contributed by atoms with Gasteiger partial charge in [0.1, 0.15) is 48.0 Å². The molecule has 0 heterocycles. The number of benzene rings is 1. The third-order valence-electron chi connectivity index (χ3n) is 9.17. The van der Waals surface area contributed by atoms with Gasteiger partial charge in [-0.3, -0.25) is 43.3 Å². The van der Waals surface area contributed by atoms with E-state index in [2.05, 4.69) is 54.8 Å². The zero-order valence-electron chi connectivity index (χ0n) is 36.1. The number of phenolic OH excluding ortho intramolecular Hbond substituents is 1. The number of guanidine groups is 1. The Hall–Kier alpha value is -6.29. The van der Waals surface area contributed by atoms with E-state index in [9.17, 15) is 68.7 Å². The van der Waals surface area contributed by atoms with Crippen molar-refractivity contribution in [3.63, 3.8) is 0 Å². The van der Waals surface area contributed by atoms with Crippen molar-refractivity contribution in [2.75, 3.05) is 25.5 Å². The molecule has 0 aliphatic carbocycles. The average molecular weight is 943 g/mol. The summed E-state index contributed by atoms with van der Waals surface area (Å²) in [5, 5.41) is 65.1. The van der Waals surface area contributed by atoms with Crippen molar-refractivity contribution < 1.29 is 68.7 Å². The maximum Gasteiger partial charge on any atom is 0.326 e. The molecule has 8 amide bonds. The number of aliphatic carboxylic acids is 1. The van der Waals surface area contributed by atoms with Gasteiger partial charge >= 0.3 is 5.97 Å². The summed E-state index contributed by atoms with van der Waals surface area (Å²) in [5.41, 5.74) is 22.5. The maximum atomic E-state index is 13.8. The molecule has 65 heavy (non-hydrogen) atoms. The topological polar surface area (TPSA) is 455 Å². The van der Waals surface area contributed by atoms with Crippen molar-refractivity contribution in [2.24, 2.45) is 33.8 Å². The molecule has 27 heteroatoms. The predicted octanol–water partition coefficient (Wildman–Crippen LogP) is -6.99. The quantitative estimate of drug-likeness (QED) is 0.0154. The minimum Gasteiger partial charge on any atom is -0.508 e. The summed E-state index contributed by atoms with van der Waals surface area (Å²) in [7, 11) is 0.